The minimum atomic E-state index is -0.456. The van der Waals surface area contributed by atoms with Crippen molar-refractivity contribution in [1.82, 2.24) is 9.88 Å². The summed E-state index contributed by atoms with van der Waals surface area (Å²) in [5, 5.41) is 7.51. The number of nitrogens with zero attached hydrogens (tertiary/aromatic N) is 1. The van der Waals surface area contributed by atoms with Gasteiger partial charge < -0.3 is 10.6 Å². The summed E-state index contributed by atoms with van der Waals surface area (Å²) in [5.74, 6) is -0.456. The second-order valence-electron chi connectivity index (χ2n) is 11.9. The van der Waals surface area contributed by atoms with Crippen LogP contribution in [0.25, 0.3) is 27.9 Å². The van der Waals surface area contributed by atoms with Crippen LogP contribution in [0.2, 0.25) is 0 Å². The molecule has 0 saturated carbocycles. The van der Waals surface area contributed by atoms with Crippen molar-refractivity contribution in [3.05, 3.63) is 150 Å². The van der Waals surface area contributed by atoms with Gasteiger partial charge in [-0.25, -0.2) is 0 Å². The number of para-hydroxylation sites is 2. The zero-order chi connectivity index (χ0) is 33.6. The summed E-state index contributed by atoms with van der Waals surface area (Å²) in [5.41, 5.74) is 4.87. The summed E-state index contributed by atoms with van der Waals surface area (Å²) in [6.45, 7) is 6.26. The predicted octanol–water partition coefficient (Wildman–Crippen LogP) is 9.54. The van der Waals surface area contributed by atoms with E-state index in [0.29, 0.717) is 23.6 Å². The third kappa shape index (κ3) is 7.11. The molecule has 1 aromatic heterocycles. The van der Waals surface area contributed by atoms with Gasteiger partial charge in [-0.05, 0) is 72.0 Å². The minimum absolute atomic E-state index is 0.00617. The number of amides is 2. The highest BCUT2D eigenvalue weighted by molar-refractivity contribution is 8.00. The summed E-state index contributed by atoms with van der Waals surface area (Å²) in [6.07, 6.45) is 2.30. The summed E-state index contributed by atoms with van der Waals surface area (Å²) < 4.78 is 1.83. The topological polar surface area (TPSA) is 80.2 Å². The van der Waals surface area contributed by atoms with Crippen molar-refractivity contribution >= 4 is 63.1 Å². The Morgan fingerprint density at radius 3 is 2.00 bits per heavy atom. The molecule has 0 saturated heterocycles. The molecule has 0 bridgehead atoms. The molecule has 240 valence electrons. The van der Waals surface area contributed by atoms with Crippen molar-refractivity contribution in [3.63, 3.8) is 0 Å². The van der Waals surface area contributed by atoms with Crippen LogP contribution in [0.5, 0.6) is 0 Å². The maximum absolute atomic E-state index is 14.1. The number of carbonyl (C=O) groups is 3. The molecule has 1 atom stereocenters. The van der Waals surface area contributed by atoms with Gasteiger partial charge >= 0.3 is 0 Å². The fourth-order valence-corrected chi connectivity index (χ4v) is 6.76. The van der Waals surface area contributed by atoms with Gasteiger partial charge in [0.1, 0.15) is 5.70 Å². The van der Waals surface area contributed by atoms with E-state index in [1.54, 1.807) is 36.4 Å². The third-order valence-electron chi connectivity index (χ3n) is 8.26. The summed E-state index contributed by atoms with van der Waals surface area (Å²) >= 11 is 1.47. The highest BCUT2D eigenvalue weighted by atomic mass is 32.2. The van der Waals surface area contributed by atoms with Gasteiger partial charge in [-0.2, -0.15) is 0 Å². The lowest BCUT2D eigenvalue weighted by molar-refractivity contribution is -0.113. The van der Waals surface area contributed by atoms with E-state index >= 15 is 0 Å². The quantitative estimate of drug-likeness (QED) is 0.114. The van der Waals surface area contributed by atoms with Gasteiger partial charge in [0, 0.05) is 26.9 Å². The van der Waals surface area contributed by atoms with Gasteiger partial charge in [-0.15, -0.1) is 11.8 Å². The fourth-order valence-electron chi connectivity index (χ4n) is 5.71. The normalized spacial score (nSPS) is 12.3. The lowest BCUT2D eigenvalue weighted by atomic mass is 10.0. The number of anilines is 1. The largest absolute Gasteiger partial charge is 0.321 e. The van der Waals surface area contributed by atoms with E-state index in [0.717, 1.165) is 32.3 Å². The van der Waals surface area contributed by atoms with Crippen LogP contribution in [0.4, 0.5) is 5.69 Å². The van der Waals surface area contributed by atoms with Crippen molar-refractivity contribution in [2.24, 2.45) is 0 Å². The molecule has 0 aliphatic heterocycles. The molecule has 48 heavy (non-hydrogen) atoms. The molecular weight excluding hydrogens is 615 g/mol. The van der Waals surface area contributed by atoms with Crippen LogP contribution in [0.15, 0.2) is 138 Å². The monoisotopic (exact) mass is 651 g/mol. The molecule has 0 fully saturated rings. The van der Waals surface area contributed by atoms with Crippen molar-refractivity contribution in [2.45, 2.75) is 43.3 Å². The lowest BCUT2D eigenvalue weighted by Gasteiger charge is -2.17. The molecule has 7 heteroatoms. The van der Waals surface area contributed by atoms with E-state index in [1.165, 1.54) is 17.3 Å². The van der Waals surface area contributed by atoms with Crippen molar-refractivity contribution in [3.8, 4) is 0 Å². The fraction of sp³-hybridized carbons (Fsp3) is 0.146. The van der Waals surface area contributed by atoms with Crippen LogP contribution in [0, 0.1) is 0 Å². The maximum atomic E-state index is 14.1. The summed E-state index contributed by atoms with van der Waals surface area (Å²) in [4.78, 5) is 41.8. The lowest BCUT2D eigenvalue weighted by Crippen LogP contribution is -2.30. The van der Waals surface area contributed by atoms with Crippen LogP contribution >= 0.6 is 11.8 Å². The zero-order valence-corrected chi connectivity index (χ0v) is 28.0. The minimum Gasteiger partial charge on any atom is -0.321 e. The summed E-state index contributed by atoms with van der Waals surface area (Å²) in [7, 11) is 0. The van der Waals surface area contributed by atoms with E-state index in [2.05, 4.69) is 24.5 Å². The zero-order valence-electron chi connectivity index (χ0n) is 27.1. The molecule has 0 radical (unpaired) electrons. The van der Waals surface area contributed by atoms with Crippen LogP contribution in [-0.2, 0) is 4.79 Å². The number of nitrogens with one attached hydrogen (secondary N) is 2. The smallest absolute Gasteiger partial charge is 0.272 e. The molecule has 6 aromatic rings. The van der Waals surface area contributed by atoms with E-state index in [9.17, 15) is 14.4 Å². The molecule has 5 aromatic carbocycles. The Kier molecular flexibility index (Phi) is 9.88. The van der Waals surface area contributed by atoms with Crippen LogP contribution in [0.1, 0.15) is 59.4 Å². The van der Waals surface area contributed by atoms with E-state index in [1.807, 2.05) is 109 Å². The van der Waals surface area contributed by atoms with E-state index in [-0.39, 0.29) is 22.8 Å². The highest BCUT2D eigenvalue weighted by Crippen LogP contribution is 2.33. The maximum Gasteiger partial charge on any atom is 0.272 e. The van der Waals surface area contributed by atoms with E-state index < -0.39 is 5.91 Å². The molecule has 0 spiro atoms. The molecule has 0 aliphatic rings. The molecule has 1 unspecified atom stereocenters. The number of thioether (sulfide) groups is 1. The Hall–Kier alpha value is -5.40. The predicted molar refractivity (Wildman–Crippen MR) is 197 cm³/mol. The number of carbonyl (C=O) groups excluding carboxylic acids is 3. The molecule has 1 heterocycles. The van der Waals surface area contributed by atoms with Crippen molar-refractivity contribution in [2.75, 3.05) is 5.32 Å². The Morgan fingerprint density at radius 1 is 0.750 bits per heavy atom. The molecule has 0 aliphatic carbocycles. The van der Waals surface area contributed by atoms with Crippen LogP contribution in [0.3, 0.4) is 0 Å². The molecule has 6 rings (SSSR count). The van der Waals surface area contributed by atoms with Crippen LogP contribution < -0.4 is 10.6 Å². The Balaban J connectivity index is 1.24. The first kappa shape index (κ1) is 32.5. The van der Waals surface area contributed by atoms with Crippen molar-refractivity contribution < 1.29 is 14.4 Å². The van der Waals surface area contributed by atoms with Gasteiger partial charge in [0.25, 0.3) is 11.8 Å². The summed E-state index contributed by atoms with van der Waals surface area (Å²) in [6, 6.07) is 40.1. The van der Waals surface area contributed by atoms with E-state index in [4.69, 9.17) is 0 Å². The van der Waals surface area contributed by atoms with Crippen molar-refractivity contribution in [1.29, 1.82) is 0 Å². The first-order valence-corrected chi connectivity index (χ1v) is 17.0. The third-order valence-corrected chi connectivity index (χ3v) is 9.61. The standard InChI is InChI=1S/C41H37N3O3S/c1-4-38(41(47)44-36-19-10-8-17-33(36)34-18-9-11-20-37(34)44)48-32-16-12-15-31(26-32)42-40(46)35(43-39(45)30-13-6-5-7-14-30)25-28-21-23-29(24-22-28)27(2)3/h5-27,38H,4H2,1-3H3,(H,42,46)(H,43,45)/b35-25+. The Morgan fingerprint density at radius 2 is 1.38 bits per heavy atom. The number of aromatic nitrogens is 1. The number of hydrogen-bond acceptors (Lipinski definition) is 4. The number of benzene rings is 5. The van der Waals surface area contributed by atoms with Gasteiger partial charge in [0.05, 0.1) is 16.3 Å². The Labute approximate surface area is 284 Å². The number of hydrogen-bond donors (Lipinski definition) is 2. The first-order chi connectivity index (χ1) is 23.3. The SMILES string of the molecule is CCC(Sc1cccc(NC(=O)/C(=C\c2ccc(C(C)C)cc2)NC(=O)c2ccccc2)c1)C(=O)n1c2ccccc2c2ccccc21. The van der Waals surface area contributed by atoms with Crippen LogP contribution in [-0.4, -0.2) is 27.5 Å². The highest BCUT2D eigenvalue weighted by Gasteiger charge is 2.24. The molecule has 2 N–H and O–H groups in total. The van der Waals surface area contributed by atoms with Gasteiger partial charge in [0.2, 0.25) is 5.91 Å². The van der Waals surface area contributed by atoms with Gasteiger partial charge in [-0.1, -0.05) is 106 Å². The Bertz CT molecular complexity index is 2080. The molecular formula is C41H37N3O3S. The van der Waals surface area contributed by atoms with Gasteiger partial charge in [0.15, 0.2) is 0 Å². The number of fused-ring (bicyclic) bond motifs is 3. The molecule has 6 nitrogen and oxygen atoms in total. The molecule has 2 amide bonds. The number of rotatable bonds is 10. The average molecular weight is 652 g/mol. The average Bonchev–Trinajstić information content (AvgIpc) is 3.45. The van der Waals surface area contributed by atoms with Gasteiger partial charge in [-0.3, -0.25) is 19.0 Å². The second-order valence-corrected chi connectivity index (χ2v) is 13.2. The first-order valence-electron chi connectivity index (χ1n) is 16.1. The second kappa shape index (κ2) is 14.6.